The number of aliphatic hydroxyl groups excluding tert-OH is 1. The molecule has 3 saturated carbocycles. The fraction of sp³-hybridized carbons (Fsp3) is 0.750. The quantitative estimate of drug-likeness (QED) is 0.274. The summed E-state index contributed by atoms with van der Waals surface area (Å²) in [4.78, 5) is 60.7. The number of carbonyl (C=O) groups is 3. The minimum absolute atomic E-state index is 0.0614. The Morgan fingerprint density at radius 2 is 1.87 bits per heavy atom. The number of aromatic nitrogens is 4. The van der Waals surface area contributed by atoms with Crippen molar-refractivity contribution in [2.24, 2.45) is 34.0 Å². The number of hydrogen-bond donors (Lipinski definition) is 2. The van der Waals surface area contributed by atoms with Crippen molar-refractivity contribution < 1.29 is 24.2 Å². The van der Waals surface area contributed by atoms with Crippen molar-refractivity contribution in [2.45, 2.75) is 104 Å². The third kappa shape index (κ3) is 6.58. The van der Waals surface area contributed by atoms with E-state index >= 15 is 0 Å². The second kappa shape index (κ2) is 14.7. The molecule has 13 heteroatoms. The number of rotatable bonds is 10. The topological polar surface area (TPSA) is 146 Å². The number of ether oxygens (including phenoxy) is 1. The molecule has 290 valence electrons. The summed E-state index contributed by atoms with van der Waals surface area (Å²) in [6.07, 6.45) is 8.89. The number of amides is 1. The van der Waals surface area contributed by atoms with Gasteiger partial charge in [0.15, 0.2) is 17.0 Å². The van der Waals surface area contributed by atoms with Gasteiger partial charge in [-0.3, -0.25) is 19.3 Å². The molecular weight excluding hydrogens is 672 g/mol. The molecule has 4 heterocycles. The number of aryl methyl sites for hydroxylation is 1. The summed E-state index contributed by atoms with van der Waals surface area (Å²) in [6.45, 7) is 20.3. The summed E-state index contributed by atoms with van der Waals surface area (Å²) in [5.74, 6) is 0.700. The van der Waals surface area contributed by atoms with Gasteiger partial charge in [0.2, 0.25) is 5.91 Å². The second-order valence-electron chi connectivity index (χ2n) is 17.3. The van der Waals surface area contributed by atoms with Crippen molar-refractivity contribution in [2.75, 3.05) is 57.3 Å². The highest BCUT2D eigenvalue weighted by molar-refractivity contribution is 5.86. The minimum atomic E-state index is -0.692. The molecule has 2 aromatic rings. The SMILES string of the molecule is C=C[C@]1(C)C[C@@H](OC(=O)CN2CCN(C(=O)CCn3cnc4c(N5CCC(NCC)C5)ncnc43)CC2)[C@]2(C)[C@H](C)CC[C@]3(CCC(=O)[C@@H]32)[C@@H](C)[C@@H]1O. The number of nitrogens with one attached hydrogen (secondary N) is 1. The molecule has 5 fully saturated rings. The minimum Gasteiger partial charge on any atom is -0.461 e. The van der Waals surface area contributed by atoms with Crippen LogP contribution in [0.4, 0.5) is 5.82 Å². The first-order chi connectivity index (χ1) is 25.3. The van der Waals surface area contributed by atoms with Crippen LogP contribution in [0.2, 0.25) is 0 Å². The lowest BCUT2D eigenvalue weighted by Crippen LogP contribution is -2.63. The molecular formula is C40H60N8O5. The van der Waals surface area contributed by atoms with E-state index in [2.05, 4.69) is 64.3 Å². The number of Topliss-reactive ketones (excluding diaryl/α,β-unsaturated/α-hetero) is 1. The number of likely N-dealkylation sites (N-methyl/N-ethyl adjacent to an activating group) is 1. The van der Waals surface area contributed by atoms with E-state index in [0.29, 0.717) is 58.0 Å². The Morgan fingerprint density at radius 3 is 2.60 bits per heavy atom. The van der Waals surface area contributed by atoms with Crippen LogP contribution in [0.3, 0.4) is 0 Å². The zero-order valence-electron chi connectivity index (χ0n) is 32.4. The average molecular weight is 733 g/mol. The Hall–Kier alpha value is -3.42. The van der Waals surface area contributed by atoms with Crippen LogP contribution in [0.15, 0.2) is 25.3 Å². The number of ketones is 1. The molecule has 7 rings (SSSR count). The van der Waals surface area contributed by atoms with E-state index in [4.69, 9.17) is 4.74 Å². The number of anilines is 1. The maximum atomic E-state index is 13.8. The van der Waals surface area contributed by atoms with Gasteiger partial charge in [-0.1, -0.05) is 40.7 Å². The van der Waals surface area contributed by atoms with Crippen molar-refractivity contribution >= 4 is 34.6 Å². The molecule has 2 saturated heterocycles. The van der Waals surface area contributed by atoms with Crippen LogP contribution in [0, 0.1) is 34.0 Å². The van der Waals surface area contributed by atoms with Crippen LogP contribution in [0.1, 0.15) is 79.6 Å². The van der Waals surface area contributed by atoms with Gasteiger partial charge in [-0.25, -0.2) is 15.0 Å². The van der Waals surface area contributed by atoms with E-state index in [1.54, 1.807) is 12.7 Å². The number of esters is 1. The zero-order valence-corrected chi connectivity index (χ0v) is 32.4. The van der Waals surface area contributed by atoms with Gasteiger partial charge in [0.25, 0.3) is 0 Å². The van der Waals surface area contributed by atoms with E-state index in [0.717, 1.165) is 62.3 Å². The molecule has 1 unspecified atom stereocenters. The van der Waals surface area contributed by atoms with E-state index in [1.807, 2.05) is 22.5 Å². The molecule has 2 N–H and O–H groups in total. The summed E-state index contributed by atoms with van der Waals surface area (Å²) in [5, 5.41) is 15.3. The maximum absolute atomic E-state index is 13.8. The van der Waals surface area contributed by atoms with Gasteiger partial charge in [0.1, 0.15) is 18.2 Å². The lowest BCUT2D eigenvalue weighted by Gasteiger charge is -2.61. The lowest BCUT2D eigenvalue weighted by molar-refractivity contribution is -0.207. The smallest absolute Gasteiger partial charge is 0.320 e. The molecule has 5 aliphatic rings. The third-order valence-electron chi connectivity index (χ3n) is 14.6. The summed E-state index contributed by atoms with van der Waals surface area (Å²) in [5.41, 5.74) is -0.0125. The fourth-order valence-corrected chi connectivity index (χ4v) is 11.1. The number of piperazine rings is 1. The van der Waals surface area contributed by atoms with Gasteiger partial charge in [0.05, 0.1) is 19.0 Å². The molecule has 2 bridgehead atoms. The zero-order chi connectivity index (χ0) is 37.7. The molecule has 0 spiro atoms. The molecule has 3 aliphatic carbocycles. The van der Waals surface area contributed by atoms with E-state index in [-0.39, 0.29) is 47.4 Å². The van der Waals surface area contributed by atoms with Gasteiger partial charge < -0.3 is 29.5 Å². The Bertz CT molecular complexity index is 1710. The standard InChI is InChI=1S/C40H60N8O5/c1-7-38(5)21-30(39(6)26(3)9-13-40(27(4)35(38)52)14-10-29(49)34(39)40)53-32(51)23-45-17-19-46(20-18-45)31(50)12-16-48-25-44-33-36(42-24-43-37(33)48)47-15-11-28(22-47)41-8-2/h7,24-28,30,34-35,41,52H,1,8-23H2,2-6H3/t26-,27+,28?,30-,34-,35+,38-,39+,40+/m1/s1. The van der Waals surface area contributed by atoms with Crippen molar-refractivity contribution in [3.8, 4) is 0 Å². The van der Waals surface area contributed by atoms with Crippen LogP contribution < -0.4 is 10.2 Å². The third-order valence-corrected chi connectivity index (χ3v) is 14.6. The van der Waals surface area contributed by atoms with Crippen molar-refractivity contribution in [1.29, 1.82) is 0 Å². The normalized spacial score (nSPS) is 36.3. The predicted octanol–water partition coefficient (Wildman–Crippen LogP) is 3.46. The molecule has 2 aliphatic heterocycles. The largest absolute Gasteiger partial charge is 0.461 e. The Morgan fingerprint density at radius 1 is 1.09 bits per heavy atom. The Balaban J connectivity index is 0.956. The highest BCUT2D eigenvalue weighted by Crippen LogP contribution is 2.68. The average Bonchev–Trinajstić information content (AvgIpc) is 3.89. The maximum Gasteiger partial charge on any atom is 0.320 e. The molecule has 13 nitrogen and oxygen atoms in total. The molecule has 9 atom stereocenters. The number of carbonyl (C=O) groups excluding carboxylic acids is 3. The number of hydrogen-bond acceptors (Lipinski definition) is 11. The Kier molecular flexibility index (Phi) is 10.5. The predicted molar refractivity (Wildman–Crippen MR) is 202 cm³/mol. The van der Waals surface area contributed by atoms with Gasteiger partial charge in [-0.05, 0) is 55.9 Å². The highest BCUT2D eigenvalue weighted by atomic mass is 16.5. The number of fused-ring (bicyclic) bond motifs is 1. The molecule has 53 heavy (non-hydrogen) atoms. The van der Waals surface area contributed by atoms with Crippen LogP contribution >= 0.6 is 0 Å². The Labute approximate surface area is 313 Å². The monoisotopic (exact) mass is 732 g/mol. The first-order valence-corrected chi connectivity index (χ1v) is 20.0. The highest BCUT2D eigenvalue weighted by Gasteiger charge is 2.68. The first-order valence-electron chi connectivity index (χ1n) is 20.0. The summed E-state index contributed by atoms with van der Waals surface area (Å²) < 4.78 is 8.41. The van der Waals surface area contributed by atoms with Crippen LogP contribution in [0.5, 0.6) is 0 Å². The molecule has 1 amide bonds. The molecule has 0 aromatic carbocycles. The van der Waals surface area contributed by atoms with Crippen molar-refractivity contribution in [1.82, 2.24) is 34.6 Å². The number of imidazole rings is 1. The summed E-state index contributed by atoms with van der Waals surface area (Å²) >= 11 is 0. The summed E-state index contributed by atoms with van der Waals surface area (Å²) in [7, 11) is 0. The fourth-order valence-electron chi connectivity index (χ4n) is 11.1. The second-order valence-corrected chi connectivity index (χ2v) is 17.3. The van der Waals surface area contributed by atoms with Gasteiger partial charge in [0, 0.05) is 81.4 Å². The summed E-state index contributed by atoms with van der Waals surface area (Å²) in [6, 6.07) is 0.438. The van der Waals surface area contributed by atoms with E-state index in [9.17, 15) is 19.5 Å². The molecule has 2 aromatic heterocycles. The first kappa shape index (κ1) is 37.9. The van der Waals surface area contributed by atoms with Crippen LogP contribution in [0.25, 0.3) is 11.2 Å². The van der Waals surface area contributed by atoms with E-state index < -0.39 is 23.0 Å². The van der Waals surface area contributed by atoms with Gasteiger partial charge >= 0.3 is 5.97 Å². The number of aliphatic hydroxyl groups is 1. The van der Waals surface area contributed by atoms with Crippen LogP contribution in [-0.4, -0.2) is 123 Å². The lowest BCUT2D eigenvalue weighted by atomic mass is 9.44. The van der Waals surface area contributed by atoms with Crippen molar-refractivity contribution in [3.05, 3.63) is 25.3 Å². The number of nitrogens with zero attached hydrogens (tertiary/aromatic N) is 7. The van der Waals surface area contributed by atoms with Crippen molar-refractivity contribution in [3.63, 3.8) is 0 Å². The van der Waals surface area contributed by atoms with Gasteiger partial charge in [-0.2, -0.15) is 0 Å². The molecule has 0 radical (unpaired) electrons. The van der Waals surface area contributed by atoms with Gasteiger partial charge in [-0.15, -0.1) is 6.58 Å². The van der Waals surface area contributed by atoms with Crippen LogP contribution in [-0.2, 0) is 25.7 Å². The van der Waals surface area contributed by atoms with E-state index in [1.165, 1.54) is 0 Å².